The molecular weight excluding hydrogens is 1090 g/mol. The molecule has 0 aromatic heterocycles. The highest BCUT2D eigenvalue weighted by atomic mass is 16.7. The van der Waals surface area contributed by atoms with E-state index in [1.165, 1.54) is 116 Å². The van der Waals surface area contributed by atoms with Crippen LogP contribution in [0.2, 0.25) is 0 Å². The predicted octanol–water partition coefficient (Wildman–Crippen LogP) is 6.54. The van der Waals surface area contributed by atoms with Crippen LogP contribution in [0.5, 0.6) is 0 Å². The second kappa shape index (κ2) is 28.1. The first-order valence-electron chi connectivity index (χ1n) is 31.5. The molecule has 12 bridgehead atoms. The van der Waals surface area contributed by atoms with Crippen molar-refractivity contribution >= 4 is 71.1 Å². The molecule has 14 fully saturated rings. The highest BCUT2D eigenvalue weighted by Gasteiger charge is 2.53. The largest absolute Gasteiger partial charge is 0.462 e. The Labute approximate surface area is 491 Å². The number of hydroxylamine groups is 4. The number of nitrogens with one attached hydrogen (secondary N) is 1. The van der Waals surface area contributed by atoms with Gasteiger partial charge in [0.15, 0.2) is 0 Å². The van der Waals surface area contributed by atoms with Crippen molar-refractivity contribution in [3.05, 3.63) is 0 Å². The molecule has 14 rings (SSSR count). The van der Waals surface area contributed by atoms with E-state index >= 15 is 0 Å². The molecule has 0 atom stereocenters. The summed E-state index contributed by atoms with van der Waals surface area (Å²) in [7, 11) is 0. The van der Waals surface area contributed by atoms with Crippen molar-refractivity contribution in [3.63, 3.8) is 0 Å². The van der Waals surface area contributed by atoms with Gasteiger partial charge in [-0.05, 0) is 198 Å². The number of carbonyl (C=O) groups excluding carboxylic acids is 12. The Hall–Kier alpha value is -5.80. The normalized spacial score (nSPS) is 32.3. The van der Waals surface area contributed by atoms with Crippen LogP contribution in [0.4, 0.5) is 0 Å². The van der Waals surface area contributed by atoms with Crippen molar-refractivity contribution in [3.8, 4) is 0 Å². The van der Waals surface area contributed by atoms with Crippen molar-refractivity contribution < 1.29 is 86.2 Å². The number of amides is 5. The maximum atomic E-state index is 12.5. The van der Waals surface area contributed by atoms with E-state index in [1.807, 2.05) is 0 Å². The monoisotopic (exact) mass is 1180 g/mol. The lowest BCUT2D eigenvalue weighted by atomic mass is 9.48. The minimum absolute atomic E-state index is 0.0236. The second-order valence-corrected chi connectivity index (χ2v) is 27.2. The second-order valence-electron chi connectivity index (χ2n) is 27.2. The van der Waals surface area contributed by atoms with Gasteiger partial charge < -0.3 is 39.7 Å². The van der Waals surface area contributed by atoms with Gasteiger partial charge in [-0.25, -0.2) is 9.59 Å². The zero-order valence-electron chi connectivity index (χ0n) is 48.9. The van der Waals surface area contributed by atoms with E-state index in [9.17, 15) is 57.5 Å². The van der Waals surface area contributed by atoms with E-state index in [0.717, 1.165) is 72.8 Å². The lowest BCUT2D eigenvalue weighted by molar-refractivity contribution is -0.197. The standard InChI is InChI=1S/C33H49NO6.C18H20N2O12.C11H19N/c35-28(5-6-32-15-22-9-23(16-32)11-24(10-22)17-32)1-3-30(37)39-7-8-40-31(38)4-2-29(36)34-21-33-18-25-12-26(19-33)14-27(13-25)20-33;21-11-1-2-12(22)19(11)31-17(27)7-5-15(25)29-9-10-30-16(26)6-8-18(28)32-20-13(23)3-4-14(20)24;12-7-11-4-8-1-9(5-11)3-10(2-8)6-11/h22-27H,1-21H2,(H,34,36);1-10H2;8-10H,1-7,12H2. The van der Waals surface area contributed by atoms with Crippen molar-refractivity contribution in [1.82, 2.24) is 15.4 Å². The smallest absolute Gasteiger partial charge is 0.333 e. The van der Waals surface area contributed by atoms with Gasteiger partial charge >= 0.3 is 35.8 Å². The third kappa shape index (κ3) is 17.2. The van der Waals surface area contributed by atoms with Crippen LogP contribution in [0.15, 0.2) is 0 Å². The van der Waals surface area contributed by atoms with Gasteiger partial charge in [-0.1, -0.05) is 0 Å². The quantitative estimate of drug-likeness (QED) is 0.0402. The molecular formula is C62H88N4O18. The van der Waals surface area contributed by atoms with Crippen LogP contribution >= 0.6 is 0 Å². The van der Waals surface area contributed by atoms with E-state index in [0.29, 0.717) is 27.4 Å². The molecule has 0 spiro atoms. The molecule has 2 aliphatic heterocycles. The lowest BCUT2D eigenvalue weighted by Gasteiger charge is -2.57. The maximum Gasteiger partial charge on any atom is 0.333 e. The summed E-state index contributed by atoms with van der Waals surface area (Å²) < 4.78 is 19.8. The fraction of sp³-hybridized carbons (Fsp3) is 0.806. The average molecular weight is 1180 g/mol. The van der Waals surface area contributed by atoms with E-state index in [1.54, 1.807) is 0 Å². The maximum absolute atomic E-state index is 12.5. The first-order valence-corrected chi connectivity index (χ1v) is 31.5. The summed E-state index contributed by atoms with van der Waals surface area (Å²) in [5.74, 6) is 1.52. The number of hydrogen-bond acceptors (Lipinski definition) is 19. The molecule has 0 aromatic rings. The number of nitrogens with two attached hydrogens (primary N) is 1. The number of rotatable bonds is 26. The topological polar surface area (TPSA) is 305 Å². The number of carbonyl (C=O) groups is 12. The van der Waals surface area contributed by atoms with Crippen LogP contribution in [0.25, 0.3) is 0 Å². The predicted molar refractivity (Wildman–Crippen MR) is 293 cm³/mol. The number of hydrogen-bond donors (Lipinski definition) is 2. The first kappa shape index (κ1) is 62.7. The Morgan fingerprint density at radius 1 is 0.381 bits per heavy atom. The SMILES string of the molecule is NCC12CC3CC(CC(C3)C1)C2.O=C(CCC(=O)OCCOC(=O)CCC(=O)NCC12CC3CC(CC(C3)C1)C2)CCC12CC3CC(CC(C3)C1)C2.O=C(CCC(=O)ON1C(=O)CCC1=O)OCCOC(=O)CCC(=O)ON1C(=O)CCC1=O. The fourth-order valence-corrected chi connectivity index (χ4v) is 17.9. The number of imide groups is 2. The number of nitrogens with zero attached hydrogens (tertiary/aromatic N) is 2. The molecule has 0 unspecified atom stereocenters. The molecule has 2 heterocycles. The lowest BCUT2D eigenvalue weighted by Crippen LogP contribution is -2.51. The van der Waals surface area contributed by atoms with E-state index < -0.39 is 72.3 Å². The number of Topliss-reactive ketones (excluding diaryl/α,β-unsaturated/α-hetero) is 1. The van der Waals surface area contributed by atoms with Crippen LogP contribution < -0.4 is 11.1 Å². The molecule has 14 aliphatic rings. The molecule has 5 amide bonds. The van der Waals surface area contributed by atoms with Crippen LogP contribution in [0.3, 0.4) is 0 Å². The third-order valence-electron chi connectivity index (χ3n) is 20.4. The van der Waals surface area contributed by atoms with E-state index in [4.69, 9.17) is 24.7 Å². The van der Waals surface area contributed by atoms with E-state index in [-0.39, 0.29) is 108 Å². The van der Waals surface area contributed by atoms with Crippen molar-refractivity contribution in [2.24, 2.45) is 75.2 Å². The van der Waals surface area contributed by atoms with Crippen molar-refractivity contribution in [2.75, 3.05) is 39.5 Å². The molecule has 0 radical (unpaired) electrons. The van der Waals surface area contributed by atoms with Gasteiger partial charge in [-0.2, -0.15) is 0 Å². The molecule has 464 valence electrons. The summed E-state index contributed by atoms with van der Waals surface area (Å²) >= 11 is 0. The molecule has 2 saturated heterocycles. The Bertz CT molecular complexity index is 2220. The summed E-state index contributed by atoms with van der Waals surface area (Å²) in [6.45, 7) is 1.03. The van der Waals surface area contributed by atoms with Crippen molar-refractivity contribution in [1.29, 1.82) is 0 Å². The summed E-state index contributed by atoms with van der Waals surface area (Å²) in [5, 5.41) is 3.83. The molecule has 22 nitrogen and oxygen atoms in total. The molecule has 0 aromatic carbocycles. The fourth-order valence-electron chi connectivity index (χ4n) is 17.9. The van der Waals surface area contributed by atoms with Gasteiger partial charge in [0.05, 0.1) is 38.5 Å². The van der Waals surface area contributed by atoms with E-state index in [2.05, 4.69) is 15.0 Å². The van der Waals surface area contributed by atoms with Crippen LogP contribution in [-0.4, -0.2) is 121 Å². The molecule has 12 saturated carbocycles. The minimum Gasteiger partial charge on any atom is -0.462 e. The van der Waals surface area contributed by atoms with Crippen LogP contribution in [0, 0.1) is 69.5 Å². The van der Waals surface area contributed by atoms with Gasteiger partial charge in [0.1, 0.15) is 32.2 Å². The van der Waals surface area contributed by atoms with Crippen molar-refractivity contribution in [2.45, 2.75) is 205 Å². The molecule has 84 heavy (non-hydrogen) atoms. The average Bonchev–Trinajstić information content (AvgIpc) is 1.22. The summed E-state index contributed by atoms with van der Waals surface area (Å²) in [6.07, 6.45) is 25.2. The van der Waals surface area contributed by atoms with Gasteiger partial charge in [0.25, 0.3) is 23.6 Å². The number of ketones is 1. The zero-order valence-corrected chi connectivity index (χ0v) is 48.9. The minimum atomic E-state index is -0.957. The van der Waals surface area contributed by atoms with Crippen LogP contribution in [-0.2, 0) is 86.2 Å². The van der Waals surface area contributed by atoms with Crippen LogP contribution in [0.1, 0.15) is 205 Å². The number of ether oxygens (including phenoxy) is 4. The Balaban J connectivity index is 0.000000170. The first-order chi connectivity index (χ1) is 40.2. The zero-order chi connectivity index (χ0) is 59.6. The highest BCUT2D eigenvalue weighted by Crippen LogP contribution is 2.63. The summed E-state index contributed by atoms with van der Waals surface area (Å²) in [5.41, 5.74) is 7.23. The highest BCUT2D eigenvalue weighted by molar-refractivity contribution is 6.02. The molecule has 3 N–H and O–H groups in total. The third-order valence-corrected chi connectivity index (χ3v) is 20.4. The van der Waals surface area contributed by atoms with Gasteiger partial charge in [-0.3, -0.25) is 47.9 Å². The Kier molecular flexibility index (Phi) is 21.0. The summed E-state index contributed by atoms with van der Waals surface area (Å²) in [6, 6.07) is 0. The van der Waals surface area contributed by atoms with Gasteiger partial charge in [-0.15, -0.1) is 10.1 Å². The Morgan fingerprint density at radius 3 is 1.00 bits per heavy atom. The number of esters is 4. The molecule has 12 aliphatic carbocycles. The Morgan fingerprint density at radius 2 is 0.667 bits per heavy atom. The summed E-state index contributed by atoms with van der Waals surface area (Å²) in [4.78, 5) is 150. The van der Waals surface area contributed by atoms with Gasteiger partial charge in [0.2, 0.25) is 5.91 Å². The van der Waals surface area contributed by atoms with Gasteiger partial charge in [0, 0.05) is 51.5 Å². The molecule has 22 heteroatoms.